The van der Waals surface area contributed by atoms with E-state index in [-0.39, 0.29) is 6.61 Å². The maximum absolute atomic E-state index is 9.97. The van der Waals surface area contributed by atoms with Gasteiger partial charge in [0.1, 0.15) is 5.82 Å². The molecule has 0 saturated heterocycles. The van der Waals surface area contributed by atoms with Crippen LogP contribution in [0.2, 0.25) is 5.15 Å². The Labute approximate surface area is 179 Å². The van der Waals surface area contributed by atoms with E-state index in [0.717, 1.165) is 47.3 Å². The number of aromatic amines is 1. The summed E-state index contributed by atoms with van der Waals surface area (Å²) in [6.07, 6.45) is 2.84. The van der Waals surface area contributed by atoms with Crippen LogP contribution in [-0.2, 0) is 19.6 Å². The molecule has 0 saturated carbocycles. The van der Waals surface area contributed by atoms with Crippen molar-refractivity contribution in [3.05, 3.63) is 70.8 Å². The first-order chi connectivity index (χ1) is 14.7. The van der Waals surface area contributed by atoms with E-state index in [9.17, 15) is 5.11 Å². The summed E-state index contributed by atoms with van der Waals surface area (Å²) in [5.41, 5.74) is 4.66. The summed E-state index contributed by atoms with van der Waals surface area (Å²) < 4.78 is 2.02. The zero-order chi connectivity index (χ0) is 20.9. The predicted octanol–water partition coefficient (Wildman–Crippen LogP) is 4.27. The number of benzene rings is 2. The standard InChI is InChI=1S/C22H23ClN6O/c1-2-3-12-20-24-21(23)19(14-30)29(20)13-18-16(15-8-5-4-6-9-15)10-7-11-17(18)22-25-27-28-26-22/h4-11,30H,2-3,12-14H2,1H3,(H,25,26,27,28). The van der Waals surface area contributed by atoms with Crippen molar-refractivity contribution in [3.63, 3.8) is 0 Å². The lowest BCUT2D eigenvalue weighted by molar-refractivity contribution is 0.271. The smallest absolute Gasteiger partial charge is 0.205 e. The van der Waals surface area contributed by atoms with Crippen LogP contribution in [0, 0.1) is 0 Å². The summed E-state index contributed by atoms with van der Waals surface area (Å²) in [4.78, 5) is 4.53. The third kappa shape index (κ3) is 3.99. The molecule has 2 aromatic heterocycles. The molecule has 0 aliphatic rings. The van der Waals surface area contributed by atoms with Crippen LogP contribution >= 0.6 is 11.6 Å². The van der Waals surface area contributed by atoms with Gasteiger partial charge in [0.2, 0.25) is 5.82 Å². The van der Waals surface area contributed by atoms with Gasteiger partial charge in [0.15, 0.2) is 5.15 Å². The van der Waals surface area contributed by atoms with Crippen molar-refractivity contribution in [1.82, 2.24) is 30.2 Å². The van der Waals surface area contributed by atoms with Crippen molar-refractivity contribution in [2.24, 2.45) is 0 Å². The minimum atomic E-state index is -0.178. The van der Waals surface area contributed by atoms with E-state index in [4.69, 9.17) is 11.6 Å². The Kier molecular flexibility index (Phi) is 6.21. The fourth-order valence-electron chi connectivity index (χ4n) is 3.66. The molecule has 7 nitrogen and oxygen atoms in total. The number of aliphatic hydroxyl groups excluding tert-OH is 1. The van der Waals surface area contributed by atoms with Crippen molar-refractivity contribution in [2.45, 2.75) is 39.3 Å². The Hall–Kier alpha value is -3.03. The van der Waals surface area contributed by atoms with E-state index in [0.29, 0.717) is 23.2 Å². The lowest BCUT2D eigenvalue weighted by Crippen LogP contribution is -2.11. The molecule has 0 amide bonds. The highest BCUT2D eigenvalue weighted by Gasteiger charge is 2.20. The first kappa shape index (κ1) is 20.3. The molecule has 0 atom stereocenters. The van der Waals surface area contributed by atoms with Crippen LogP contribution in [0.1, 0.15) is 36.8 Å². The molecule has 2 N–H and O–H groups in total. The number of aliphatic hydroxyl groups is 1. The van der Waals surface area contributed by atoms with Crippen LogP contribution in [-0.4, -0.2) is 35.3 Å². The van der Waals surface area contributed by atoms with Crippen molar-refractivity contribution in [3.8, 4) is 22.5 Å². The van der Waals surface area contributed by atoms with Crippen molar-refractivity contribution in [1.29, 1.82) is 0 Å². The van der Waals surface area contributed by atoms with Gasteiger partial charge >= 0.3 is 0 Å². The van der Waals surface area contributed by atoms with Crippen LogP contribution in [0.4, 0.5) is 0 Å². The van der Waals surface area contributed by atoms with Crippen molar-refractivity contribution >= 4 is 11.6 Å². The SMILES string of the molecule is CCCCc1nc(Cl)c(CO)n1Cc1c(-c2ccccc2)cccc1-c1nn[nH]n1. The number of tetrazole rings is 1. The molecule has 0 spiro atoms. The Morgan fingerprint density at radius 3 is 2.57 bits per heavy atom. The van der Waals surface area contributed by atoms with Gasteiger partial charge in [0, 0.05) is 12.0 Å². The van der Waals surface area contributed by atoms with Crippen molar-refractivity contribution < 1.29 is 5.11 Å². The maximum Gasteiger partial charge on any atom is 0.205 e. The highest BCUT2D eigenvalue weighted by atomic mass is 35.5. The number of aromatic nitrogens is 6. The summed E-state index contributed by atoms with van der Waals surface area (Å²) in [5, 5.41) is 25.0. The first-order valence-corrected chi connectivity index (χ1v) is 10.4. The van der Waals surface area contributed by atoms with E-state index in [1.165, 1.54) is 0 Å². The molecule has 0 aliphatic heterocycles. The molecule has 0 bridgehead atoms. The molecule has 2 heterocycles. The minimum absolute atomic E-state index is 0.178. The zero-order valence-corrected chi connectivity index (χ0v) is 17.5. The average Bonchev–Trinajstić information content (AvgIpc) is 3.41. The molecule has 4 aromatic rings. The van der Waals surface area contributed by atoms with Crippen LogP contribution in [0.15, 0.2) is 48.5 Å². The number of halogens is 1. The van der Waals surface area contributed by atoms with Crippen LogP contribution in [0.5, 0.6) is 0 Å². The lowest BCUT2D eigenvalue weighted by atomic mass is 9.94. The maximum atomic E-state index is 9.97. The second kappa shape index (κ2) is 9.19. The van der Waals surface area contributed by atoms with E-state index >= 15 is 0 Å². The Balaban J connectivity index is 1.88. The molecule has 0 radical (unpaired) electrons. The highest BCUT2D eigenvalue weighted by molar-refractivity contribution is 6.30. The van der Waals surface area contributed by atoms with Gasteiger partial charge in [0.25, 0.3) is 0 Å². The van der Waals surface area contributed by atoms with Gasteiger partial charge in [-0.15, -0.1) is 10.2 Å². The third-order valence-electron chi connectivity index (χ3n) is 5.17. The average molecular weight is 423 g/mol. The summed E-state index contributed by atoms with van der Waals surface area (Å²) in [7, 11) is 0. The first-order valence-electron chi connectivity index (χ1n) is 9.98. The van der Waals surface area contributed by atoms with E-state index in [2.05, 4.69) is 50.7 Å². The number of hydrogen-bond donors (Lipinski definition) is 2. The van der Waals surface area contributed by atoms with Crippen LogP contribution < -0.4 is 0 Å². The summed E-state index contributed by atoms with van der Waals surface area (Å²) in [5.74, 6) is 1.39. The molecule has 0 aliphatic carbocycles. The van der Waals surface area contributed by atoms with Gasteiger partial charge in [-0.2, -0.15) is 5.21 Å². The van der Waals surface area contributed by atoms with E-state index in [1.54, 1.807) is 0 Å². The number of aryl methyl sites for hydroxylation is 1. The van der Waals surface area contributed by atoms with E-state index < -0.39 is 0 Å². The number of imidazole rings is 1. The minimum Gasteiger partial charge on any atom is -0.390 e. The molecule has 2 aromatic carbocycles. The number of unbranched alkanes of at least 4 members (excludes halogenated alkanes) is 1. The molecule has 0 fully saturated rings. The Bertz CT molecular complexity index is 1110. The summed E-state index contributed by atoms with van der Waals surface area (Å²) in [6, 6.07) is 16.2. The monoisotopic (exact) mass is 422 g/mol. The third-order valence-corrected chi connectivity index (χ3v) is 5.47. The van der Waals surface area contributed by atoms with Gasteiger partial charge in [-0.25, -0.2) is 4.98 Å². The molecular formula is C22H23ClN6O. The second-order valence-corrected chi connectivity index (χ2v) is 7.40. The number of nitrogens with zero attached hydrogens (tertiary/aromatic N) is 5. The predicted molar refractivity (Wildman–Crippen MR) is 116 cm³/mol. The number of nitrogens with one attached hydrogen (secondary N) is 1. The zero-order valence-electron chi connectivity index (χ0n) is 16.7. The Morgan fingerprint density at radius 2 is 1.87 bits per heavy atom. The normalized spacial score (nSPS) is 11.2. The van der Waals surface area contributed by atoms with Gasteiger partial charge in [0.05, 0.1) is 18.8 Å². The molecule has 4 rings (SSSR count). The van der Waals surface area contributed by atoms with Crippen LogP contribution in [0.3, 0.4) is 0 Å². The van der Waals surface area contributed by atoms with Gasteiger partial charge in [-0.05, 0) is 28.3 Å². The Morgan fingerprint density at radius 1 is 1.07 bits per heavy atom. The molecule has 0 unspecified atom stereocenters. The molecule has 154 valence electrons. The number of H-pyrrole nitrogens is 1. The second-order valence-electron chi connectivity index (χ2n) is 7.05. The largest absolute Gasteiger partial charge is 0.390 e. The van der Waals surface area contributed by atoms with Gasteiger partial charge < -0.3 is 9.67 Å². The fraction of sp³-hybridized carbons (Fsp3) is 0.273. The van der Waals surface area contributed by atoms with E-state index in [1.807, 2.05) is 34.9 Å². The fourth-order valence-corrected chi connectivity index (χ4v) is 3.92. The summed E-state index contributed by atoms with van der Waals surface area (Å²) >= 11 is 6.36. The topological polar surface area (TPSA) is 92.5 Å². The van der Waals surface area contributed by atoms with Gasteiger partial charge in [-0.3, -0.25) is 0 Å². The van der Waals surface area contributed by atoms with Gasteiger partial charge in [-0.1, -0.05) is 73.5 Å². The lowest BCUT2D eigenvalue weighted by Gasteiger charge is -2.17. The summed E-state index contributed by atoms with van der Waals surface area (Å²) in [6.45, 7) is 2.45. The molecule has 8 heteroatoms. The molecular weight excluding hydrogens is 400 g/mol. The highest BCUT2D eigenvalue weighted by Crippen LogP contribution is 2.33. The van der Waals surface area contributed by atoms with Crippen LogP contribution in [0.25, 0.3) is 22.5 Å². The molecule has 30 heavy (non-hydrogen) atoms. The van der Waals surface area contributed by atoms with Crippen molar-refractivity contribution in [2.75, 3.05) is 0 Å². The number of hydrogen-bond acceptors (Lipinski definition) is 5. The number of rotatable bonds is 8. The quantitative estimate of drug-likeness (QED) is 0.442.